The summed E-state index contributed by atoms with van der Waals surface area (Å²) in [6.45, 7) is 2.67. The zero-order chi connectivity index (χ0) is 24.7. The molecule has 36 heavy (non-hydrogen) atoms. The Labute approximate surface area is 202 Å². The molecule has 1 atom stereocenters. The van der Waals surface area contributed by atoms with Gasteiger partial charge in [-0.25, -0.2) is 19.9 Å². The summed E-state index contributed by atoms with van der Waals surface area (Å²) in [5.41, 5.74) is 1.87. The molecule has 0 saturated carbocycles. The van der Waals surface area contributed by atoms with Crippen molar-refractivity contribution >= 4 is 11.5 Å². The molecule has 6 heterocycles. The molecule has 0 aliphatic carbocycles. The number of anilines is 1. The lowest BCUT2D eigenvalue weighted by atomic mass is 10.1. The zero-order valence-corrected chi connectivity index (χ0v) is 18.8. The van der Waals surface area contributed by atoms with Crippen molar-refractivity contribution in [2.24, 2.45) is 0 Å². The van der Waals surface area contributed by atoms with E-state index in [0.717, 1.165) is 30.1 Å². The Balaban J connectivity index is 1.30. The zero-order valence-electron chi connectivity index (χ0n) is 18.8. The smallest absolute Gasteiger partial charge is 0.417 e. The molecule has 1 saturated heterocycles. The van der Waals surface area contributed by atoms with Crippen LogP contribution in [0.25, 0.3) is 17.2 Å². The van der Waals surface area contributed by atoms with E-state index in [2.05, 4.69) is 34.9 Å². The van der Waals surface area contributed by atoms with Crippen LogP contribution in [0.3, 0.4) is 0 Å². The molecule has 5 aromatic heterocycles. The van der Waals surface area contributed by atoms with Gasteiger partial charge in [-0.15, -0.1) is 0 Å². The Kier molecular flexibility index (Phi) is 5.40. The summed E-state index contributed by atoms with van der Waals surface area (Å²) >= 11 is 0. The van der Waals surface area contributed by atoms with Gasteiger partial charge in [0.05, 0.1) is 29.7 Å². The molecular formula is C23H20F3N9O. The number of aromatic amines is 1. The third-order valence-corrected chi connectivity index (χ3v) is 6.27. The summed E-state index contributed by atoms with van der Waals surface area (Å²) in [6, 6.07) is 4.16. The number of rotatable bonds is 5. The minimum atomic E-state index is -4.47. The van der Waals surface area contributed by atoms with Gasteiger partial charge in [0, 0.05) is 50.3 Å². The molecule has 13 heteroatoms. The Morgan fingerprint density at radius 1 is 1.08 bits per heavy atom. The molecule has 184 valence electrons. The normalized spacial score (nSPS) is 17.2. The monoisotopic (exact) mass is 495 g/mol. The van der Waals surface area contributed by atoms with Gasteiger partial charge in [0.15, 0.2) is 12.2 Å². The van der Waals surface area contributed by atoms with Crippen molar-refractivity contribution in [3.05, 3.63) is 78.7 Å². The van der Waals surface area contributed by atoms with Crippen molar-refractivity contribution in [3.8, 4) is 11.5 Å². The molecule has 1 unspecified atom stereocenters. The van der Waals surface area contributed by atoms with Gasteiger partial charge in [-0.1, -0.05) is 0 Å². The van der Waals surface area contributed by atoms with Gasteiger partial charge in [0.25, 0.3) is 0 Å². The van der Waals surface area contributed by atoms with Gasteiger partial charge in [0.1, 0.15) is 23.4 Å². The Morgan fingerprint density at radius 2 is 2.00 bits per heavy atom. The van der Waals surface area contributed by atoms with Crippen molar-refractivity contribution in [2.45, 2.75) is 18.8 Å². The van der Waals surface area contributed by atoms with Crippen LogP contribution in [0.15, 0.2) is 66.3 Å². The molecule has 0 amide bonds. The Hall–Kier alpha value is -4.26. The molecule has 6 rings (SSSR count). The lowest BCUT2D eigenvalue weighted by Crippen LogP contribution is -2.48. The average molecular weight is 495 g/mol. The number of aromatic nitrogens is 7. The van der Waals surface area contributed by atoms with Crippen LogP contribution in [0.1, 0.15) is 22.9 Å². The third-order valence-electron chi connectivity index (χ3n) is 6.27. The molecule has 1 aliphatic rings. The van der Waals surface area contributed by atoms with E-state index >= 15 is 0 Å². The highest BCUT2D eigenvalue weighted by Gasteiger charge is 2.32. The van der Waals surface area contributed by atoms with Crippen LogP contribution < -0.4 is 4.90 Å². The van der Waals surface area contributed by atoms with Crippen molar-refractivity contribution in [3.63, 3.8) is 0 Å². The molecule has 5 aromatic rings. The van der Waals surface area contributed by atoms with E-state index < -0.39 is 11.7 Å². The molecular weight excluding hydrogens is 475 g/mol. The maximum Gasteiger partial charge on any atom is 0.417 e. The van der Waals surface area contributed by atoms with Crippen molar-refractivity contribution in [2.75, 3.05) is 24.5 Å². The predicted molar refractivity (Wildman–Crippen MR) is 122 cm³/mol. The maximum atomic E-state index is 13.3. The van der Waals surface area contributed by atoms with Gasteiger partial charge >= 0.3 is 6.18 Å². The van der Waals surface area contributed by atoms with E-state index in [1.807, 2.05) is 6.20 Å². The number of nitrogens with one attached hydrogen (secondary N) is 1. The fourth-order valence-electron chi connectivity index (χ4n) is 4.46. The van der Waals surface area contributed by atoms with Gasteiger partial charge in [-0.3, -0.25) is 14.4 Å². The number of hydrogen-bond acceptors (Lipinski definition) is 8. The molecule has 1 fully saturated rings. The molecule has 0 aromatic carbocycles. The number of halogens is 3. The van der Waals surface area contributed by atoms with Crippen molar-refractivity contribution < 1.29 is 17.6 Å². The summed E-state index contributed by atoms with van der Waals surface area (Å²) < 4.78 is 46.3. The quantitative estimate of drug-likeness (QED) is 0.395. The summed E-state index contributed by atoms with van der Waals surface area (Å²) in [5.74, 6) is 0.973. The fourth-order valence-corrected chi connectivity index (χ4v) is 4.46. The first-order chi connectivity index (χ1) is 17.5. The fraction of sp³-hybridized carbons (Fsp3) is 0.261. The summed E-state index contributed by atoms with van der Waals surface area (Å²) in [5, 5.41) is 6.98. The first-order valence-electron chi connectivity index (χ1n) is 11.2. The van der Waals surface area contributed by atoms with Crippen LogP contribution >= 0.6 is 0 Å². The van der Waals surface area contributed by atoms with Crippen LogP contribution in [0.5, 0.6) is 0 Å². The molecule has 1 aliphatic heterocycles. The van der Waals surface area contributed by atoms with Crippen LogP contribution in [-0.4, -0.2) is 59.1 Å². The molecule has 0 radical (unpaired) electrons. The van der Waals surface area contributed by atoms with E-state index in [4.69, 9.17) is 9.40 Å². The number of oxazole rings is 1. The van der Waals surface area contributed by atoms with Gasteiger partial charge < -0.3 is 9.32 Å². The number of pyridine rings is 1. The topological polar surface area (TPSA) is 104 Å². The first-order valence-corrected chi connectivity index (χ1v) is 11.2. The van der Waals surface area contributed by atoms with Crippen LogP contribution in [-0.2, 0) is 12.7 Å². The minimum absolute atomic E-state index is 0.0118. The minimum Gasteiger partial charge on any atom is -0.451 e. The number of H-pyrrole nitrogens is 1. The van der Waals surface area contributed by atoms with Gasteiger partial charge in [0.2, 0.25) is 0 Å². The van der Waals surface area contributed by atoms with E-state index in [9.17, 15) is 13.2 Å². The number of hydrogen-bond donors (Lipinski definition) is 1. The van der Waals surface area contributed by atoms with Gasteiger partial charge in [-0.05, 0) is 18.2 Å². The molecule has 10 nitrogen and oxygen atoms in total. The highest BCUT2D eigenvalue weighted by Crippen LogP contribution is 2.32. The number of nitrogens with zero attached hydrogens (tertiary/aromatic N) is 8. The number of imidazole rings is 1. The number of piperazine rings is 1. The second kappa shape index (κ2) is 8.75. The van der Waals surface area contributed by atoms with E-state index in [1.54, 1.807) is 24.7 Å². The Bertz CT molecular complexity index is 1460. The van der Waals surface area contributed by atoms with E-state index in [-0.39, 0.29) is 6.04 Å². The predicted octanol–water partition coefficient (Wildman–Crippen LogP) is 3.58. The SMILES string of the molecule is FC(F)(F)c1ccc2ncc(-c3nccc(N4CCN(Cc5cocn5)C(c5cn[nH]c5)C4)n3)n2c1. The second-order valence-electron chi connectivity index (χ2n) is 8.47. The first kappa shape index (κ1) is 22.2. The van der Waals surface area contributed by atoms with Crippen molar-refractivity contribution in [1.29, 1.82) is 0 Å². The second-order valence-corrected chi connectivity index (χ2v) is 8.47. The summed E-state index contributed by atoms with van der Waals surface area (Å²) in [7, 11) is 0. The van der Waals surface area contributed by atoms with Crippen LogP contribution in [0.2, 0.25) is 0 Å². The third kappa shape index (κ3) is 4.17. The lowest BCUT2D eigenvalue weighted by Gasteiger charge is -2.41. The number of fused-ring (bicyclic) bond motifs is 1. The van der Waals surface area contributed by atoms with Crippen LogP contribution in [0.4, 0.5) is 19.0 Å². The number of alkyl halides is 3. The van der Waals surface area contributed by atoms with E-state index in [0.29, 0.717) is 42.6 Å². The largest absolute Gasteiger partial charge is 0.451 e. The average Bonchev–Trinajstić information content (AvgIpc) is 3.65. The highest BCUT2D eigenvalue weighted by molar-refractivity contribution is 5.59. The Morgan fingerprint density at radius 3 is 2.78 bits per heavy atom. The standard InChI is InChI=1S/C23H20F3N9O/c24-23(25,26)16-1-2-20-28-9-18(35(20)10-16)22-27-4-3-21(32-22)34-6-5-33(11-17-13-36-14-29-17)19(12-34)15-7-30-31-8-15/h1-4,7-10,13-14,19H,5-6,11-12H2,(H,30,31). The highest BCUT2D eigenvalue weighted by atomic mass is 19.4. The van der Waals surface area contributed by atoms with Crippen LogP contribution in [0, 0.1) is 0 Å². The molecule has 0 bridgehead atoms. The lowest BCUT2D eigenvalue weighted by molar-refractivity contribution is -0.137. The molecule has 1 N–H and O–H groups in total. The summed E-state index contributed by atoms with van der Waals surface area (Å²) in [6.07, 6.45) is 6.36. The van der Waals surface area contributed by atoms with E-state index in [1.165, 1.54) is 23.1 Å². The van der Waals surface area contributed by atoms with Gasteiger partial charge in [-0.2, -0.15) is 18.3 Å². The van der Waals surface area contributed by atoms with Crippen molar-refractivity contribution in [1.82, 2.24) is 39.4 Å². The summed E-state index contributed by atoms with van der Waals surface area (Å²) in [4.78, 5) is 21.9. The maximum absolute atomic E-state index is 13.3. The molecule has 0 spiro atoms.